The minimum Gasteiger partial charge on any atom is -0.309 e. The Morgan fingerprint density at radius 2 is 0.634 bits per heavy atom. The second kappa shape index (κ2) is 15.0. The first-order valence-electron chi connectivity index (χ1n) is 23.0. The third kappa shape index (κ3) is 5.54. The van der Waals surface area contributed by atoms with E-state index < -0.39 is 34.6 Å². The Bertz CT molecular complexity index is 4540. The Hall–Kier alpha value is -9.46. The highest BCUT2D eigenvalue weighted by atomic mass is 19.2. The fourth-order valence-corrected chi connectivity index (χ4v) is 11.3. The molecule has 71 heavy (non-hydrogen) atoms. The third-order valence-corrected chi connectivity index (χ3v) is 14.2. The predicted octanol–water partition coefficient (Wildman–Crippen LogP) is 16.3. The minimum atomic E-state index is -2.28. The summed E-state index contributed by atoms with van der Waals surface area (Å²) in [4.78, 5) is 0. The number of nitriles is 1. The van der Waals surface area contributed by atoms with Gasteiger partial charge in [0.1, 0.15) is 11.6 Å². The smallest absolute Gasteiger partial charge is 0.200 e. The lowest BCUT2D eigenvalue weighted by Crippen LogP contribution is -2.10. The van der Waals surface area contributed by atoms with Crippen LogP contribution in [0.4, 0.5) is 22.0 Å². The van der Waals surface area contributed by atoms with Gasteiger partial charge in [-0.05, 0) is 84.9 Å². The van der Waals surface area contributed by atoms with Crippen LogP contribution in [0, 0.1) is 40.4 Å². The lowest BCUT2D eigenvalue weighted by molar-refractivity contribution is 0.381. The Labute approximate surface area is 399 Å². The van der Waals surface area contributed by atoms with Crippen LogP contribution in [-0.2, 0) is 0 Å². The van der Waals surface area contributed by atoms with Crippen molar-refractivity contribution in [2.24, 2.45) is 0 Å². The van der Waals surface area contributed by atoms with Gasteiger partial charge in [-0.25, -0.2) is 22.0 Å². The van der Waals surface area contributed by atoms with Gasteiger partial charge >= 0.3 is 0 Å². The molecular weight excluding hydrogens is 898 g/mol. The molecule has 0 fully saturated rings. The molecule has 0 N–H and O–H groups in total. The first-order chi connectivity index (χ1) is 34.8. The molecule has 10 aromatic carbocycles. The monoisotopic (exact) mass is 929 g/mol. The molecule has 14 aromatic rings. The van der Waals surface area contributed by atoms with E-state index in [0.29, 0.717) is 16.7 Å². The van der Waals surface area contributed by atoms with Crippen LogP contribution in [0.3, 0.4) is 0 Å². The van der Waals surface area contributed by atoms with E-state index in [0.717, 1.165) is 87.6 Å². The standard InChI is InChI=1S/C61H32F5N5/c62-56-55(57(63)59(65)60(66)58(56)64)42-27-30-54(70-50-23-11-5-17-40(50)43-31-34(25-28-52(43)70)68-46-19-7-1-13-36(46)37-14-2-8-20-47(37)68)45(33-67)61(42)71-51-24-12-6-18-41(51)44-32-35(26-29-53(44)71)69-48-21-9-3-15-38(48)39-16-4-10-22-49(39)69/h1-32H. The van der Waals surface area contributed by atoms with Gasteiger partial charge in [-0.1, -0.05) is 109 Å². The van der Waals surface area contributed by atoms with Crippen LogP contribution >= 0.6 is 0 Å². The van der Waals surface area contributed by atoms with Gasteiger partial charge in [0.2, 0.25) is 5.82 Å². The van der Waals surface area contributed by atoms with Gasteiger partial charge in [0.05, 0.1) is 61.1 Å². The van der Waals surface area contributed by atoms with E-state index in [2.05, 4.69) is 69.8 Å². The number of fused-ring (bicyclic) bond motifs is 12. The largest absolute Gasteiger partial charge is 0.309 e. The summed E-state index contributed by atoms with van der Waals surface area (Å²) in [6.45, 7) is 0. The fraction of sp³-hybridized carbons (Fsp3) is 0. The number of nitrogens with zero attached hydrogens (tertiary/aromatic N) is 5. The third-order valence-electron chi connectivity index (χ3n) is 14.2. The topological polar surface area (TPSA) is 43.5 Å². The number of rotatable bonds is 5. The van der Waals surface area contributed by atoms with Crippen molar-refractivity contribution in [3.8, 4) is 39.9 Å². The van der Waals surface area contributed by atoms with Crippen LogP contribution in [-0.4, -0.2) is 18.3 Å². The van der Waals surface area contributed by atoms with Crippen molar-refractivity contribution in [3.63, 3.8) is 0 Å². The van der Waals surface area contributed by atoms with Gasteiger partial charge < -0.3 is 18.3 Å². The zero-order valence-electron chi connectivity index (χ0n) is 37.1. The number of halogens is 5. The van der Waals surface area contributed by atoms with Gasteiger partial charge in [0.25, 0.3) is 0 Å². The molecule has 14 rings (SSSR count). The summed E-state index contributed by atoms with van der Waals surface area (Å²) >= 11 is 0. The van der Waals surface area contributed by atoms with Gasteiger partial charge in [0.15, 0.2) is 23.3 Å². The van der Waals surface area contributed by atoms with Crippen LogP contribution in [0.25, 0.3) is 121 Å². The lowest BCUT2D eigenvalue weighted by atomic mass is 9.96. The molecule has 0 aliphatic carbocycles. The van der Waals surface area contributed by atoms with Crippen LogP contribution in [0.2, 0.25) is 0 Å². The Morgan fingerprint density at radius 1 is 0.310 bits per heavy atom. The fourth-order valence-electron chi connectivity index (χ4n) is 11.3. The van der Waals surface area contributed by atoms with Gasteiger partial charge in [-0.15, -0.1) is 0 Å². The molecule has 0 unspecified atom stereocenters. The van der Waals surface area contributed by atoms with E-state index in [1.165, 1.54) is 12.1 Å². The van der Waals surface area contributed by atoms with Crippen LogP contribution in [0.15, 0.2) is 194 Å². The summed E-state index contributed by atoms with van der Waals surface area (Å²) in [6.07, 6.45) is 0. The van der Waals surface area contributed by atoms with E-state index in [1.807, 2.05) is 126 Å². The summed E-state index contributed by atoms with van der Waals surface area (Å²) in [6, 6.07) is 65.2. The normalized spacial score (nSPS) is 12.0. The summed E-state index contributed by atoms with van der Waals surface area (Å²) in [5.74, 6) is -10.5. The quantitative estimate of drug-likeness (QED) is 0.0963. The van der Waals surface area contributed by atoms with E-state index in [1.54, 1.807) is 10.6 Å². The Kier molecular flexibility index (Phi) is 8.59. The van der Waals surface area contributed by atoms with Crippen LogP contribution < -0.4 is 0 Å². The van der Waals surface area contributed by atoms with Gasteiger partial charge in [0, 0.05) is 60.0 Å². The molecule has 0 amide bonds. The SMILES string of the molecule is N#Cc1c(-n2c3ccccc3c3cc(-n4c5ccccc5c5ccccc54)ccc32)ccc(-c2c(F)c(F)c(F)c(F)c2F)c1-n1c2ccccc2c2cc(-n3c4ccccc4c4ccccc43)ccc21. The number of para-hydroxylation sites is 6. The molecule has 4 aromatic heterocycles. The highest BCUT2D eigenvalue weighted by Gasteiger charge is 2.32. The maximum Gasteiger partial charge on any atom is 0.200 e. The highest BCUT2D eigenvalue weighted by Crippen LogP contribution is 2.45. The molecule has 5 nitrogen and oxygen atoms in total. The molecule has 0 aliphatic heterocycles. The van der Waals surface area contributed by atoms with Crippen LogP contribution in [0.5, 0.6) is 0 Å². The second-order valence-electron chi connectivity index (χ2n) is 17.8. The van der Waals surface area contributed by atoms with Crippen molar-refractivity contribution in [3.05, 3.63) is 229 Å². The molecule has 0 radical (unpaired) electrons. The maximum absolute atomic E-state index is 16.4. The van der Waals surface area contributed by atoms with Crippen molar-refractivity contribution >= 4 is 87.2 Å². The zero-order chi connectivity index (χ0) is 47.8. The van der Waals surface area contributed by atoms with E-state index >= 15 is 17.6 Å². The second-order valence-corrected chi connectivity index (χ2v) is 17.8. The van der Waals surface area contributed by atoms with E-state index in [-0.39, 0.29) is 16.8 Å². The van der Waals surface area contributed by atoms with E-state index in [9.17, 15) is 9.65 Å². The van der Waals surface area contributed by atoms with Crippen molar-refractivity contribution < 1.29 is 22.0 Å². The molecule has 0 bridgehead atoms. The molecule has 0 saturated carbocycles. The first-order valence-corrected chi connectivity index (χ1v) is 23.0. The molecule has 4 heterocycles. The van der Waals surface area contributed by atoms with Crippen molar-refractivity contribution in [1.29, 1.82) is 5.26 Å². The van der Waals surface area contributed by atoms with Crippen molar-refractivity contribution in [2.75, 3.05) is 0 Å². The summed E-state index contributed by atoms with van der Waals surface area (Å²) < 4.78 is 86.3. The highest BCUT2D eigenvalue weighted by molar-refractivity contribution is 6.15. The summed E-state index contributed by atoms with van der Waals surface area (Å²) in [5.41, 5.74) is 7.01. The number of hydrogen-bond acceptors (Lipinski definition) is 1. The average molecular weight is 930 g/mol. The molecule has 10 heteroatoms. The Morgan fingerprint density at radius 3 is 1.04 bits per heavy atom. The summed E-state index contributed by atoms with van der Waals surface area (Å²) in [5, 5.41) is 19.2. The number of aromatic nitrogens is 4. The van der Waals surface area contributed by atoms with Crippen molar-refractivity contribution in [2.45, 2.75) is 0 Å². The van der Waals surface area contributed by atoms with Gasteiger partial charge in [-0.2, -0.15) is 5.26 Å². The molecule has 0 atom stereocenters. The van der Waals surface area contributed by atoms with E-state index in [4.69, 9.17) is 0 Å². The Balaban J connectivity index is 1.08. The molecule has 336 valence electrons. The average Bonchev–Trinajstić information content (AvgIpc) is 4.15. The molecule has 0 spiro atoms. The lowest BCUT2D eigenvalue weighted by Gasteiger charge is -2.21. The number of hydrogen-bond donors (Lipinski definition) is 0. The molecule has 0 aliphatic rings. The van der Waals surface area contributed by atoms with Crippen LogP contribution in [0.1, 0.15) is 5.56 Å². The zero-order valence-corrected chi connectivity index (χ0v) is 37.1. The molecule has 0 saturated heterocycles. The van der Waals surface area contributed by atoms with Gasteiger partial charge in [-0.3, -0.25) is 0 Å². The van der Waals surface area contributed by atoms with Crippen molar-refractivity contribution in [1.82, 2.24) is 18.3 Å². The first kappa shape index (κ1) is 40.6. The maximum atomic E-state index is 16.4. The number of benzene rings is 10. The summed E-state index contributed by atoms with van der Waals surface area (Å²) in [7, 11) is 0. The predicted molar refractivity (Wildman–Crippen MR) is 274 cm³/mol. The molecular formula is C61H32F5N5. The minimum absolute atomic E-state index is 0.0585.